The highest BCUT2D eigenvalue weighted by Gasteiger charge is 2.65. The highest BCUT2D eigenvalue weighted by Crippen LogP contribution is 2.44. The van der Waals surface area contributed by atoms with Crippen molar-refractivity contribution in [1.29, 1.82) is 0 Å². The first-order chi connectivity index (χ1) is 22.8. The fraction of sp³-hybridized carbons (Fsp3) is 0.667. The van der Waals surface area contributed by atoms with Gasteiger partial charge < -0.3 is 0 Å². The van der Waals surface area contributed by atoms with Crippen LogP contribution in [0.3, 0.4) is 0 Å². The average molecular weight is 753 g/mol. The molecule has 0 N–H and O–H groups in total. The van der Waals surface area contributed by atoms with Gasteiger partial charge in [0.2, 0.25) is 0 Å². The van der Waals surface area contributed by atoms with E-state index in [-0.39, 0.29) is 48.4 Å². The van der Waals surface area contributed by atoms with Gasteiger partial charge in [0.1, 0.15) is 0 Å². The molecule has 2 aromatic rings. The van der Waals surface area contributed by atoms with Crippen molar-refractivity contribution in [2.75, 3.05) is 0 Å². The molecule has 0 unspecified atom stereocenters. The first-order valence-corrected chi connectivity index (χ1v) is 30.2. The van der Waals surface area contributed by atoms with Gasteiger partial charge in [0, 0.05) is 20.7 Å². The largest absolute Gasteiger partial charge is 0.204 e. The summed E-state index contributed by atoms with van der Waals surface area (Å²) in [5.74, 6) is -11.3. The summed E-state index contributed by atoms with van der Waals surface area (Å²) < 4.78 is 139. The van der Waals surface area contributed by atoms with Crippen LogP contribution in [0.25, 0.3) is 0 Å². The number of halogens is 8. The van der Waals surface area contributed by atoms with E-state index < -0.39 is 97.7 Å². The monoisotopic (exact) mass is 752 g/mol. The summed E-state index contributed by atoms with van der Waals surface area (Å²) in [5.41, 5.74) is 0. The van der Waals surface area contributed by atoms with Crippen molar-refractivity contribution in [3.63, 3.8) is 0 Å². The van der Waals surface area contributed by atoms with Gasteiger partial charge in [0.15, 0.2) is 46.5 Å². The third kappa shape index (κ3) is 5.87. The average Bonchev–Trinajstić information content (AvgIpc) is 3.03. The number of hydrogen-bond donors (Lipinski definition) is 0. The quantitative estimate of drug-likeness (QED) is 0.0910. The third-order valence-corrected chi connectivity index (χ3v) is 51.8. The lowest BCUT2D eigenvalue weighted by Gasteiger charge is -2.53. The zero-order valence-corrected chi connectivity index (χ0v) is 34.3. The molecule has 0 nitrogen and oxygen atoms in total. The summed E-state index contributed by atoms with van der Waals surface area (Å²) in [7, 11) is -16.2. The Hall–Kier alpha value is -1.25. The topological polar surface area (TPSA) is 0 Å². The highest BCUT2D eigenvalue weighted by atomic mass is 29.3. The van der Waals surface area contributed by atoms with E-state index >= 15 is 35.1 Å². The van der Waals surface area contributed by atoms with E-state index in [9.17, 15) is 0 Å². The van der Waals surface area contributed by atoms with Gasteiger partial charge in [0.05, 0.1) is 30.4 Å². The van der Waals surface area contributed by atoms with Crippen molar-refractivity contribution in [3.05, 3.63) is 46.5 Å². The lowest BCUT2D eigenvalue weighted by molar-refractivity contribution is 0.468. The fourth-order valence-corrected chi connectivity index (χ4v) is 56.4. The summed E-state index contributed by atoms with van der Waals surface area (Å²) in [6.45, 7) is 14.2. The lowest BCUT2D eigenvalue weighted by atomic mass is 10.3. The highest BCUT2D eigenvalue weighted by molar-refractivity contribution is 7.52. The van der Waals surface area contributed by atoms with Crippen molar-refractivity contribution in [2.45, 2.75) is 155 Å². The molecule has 0 spiro atoms. The minimum absolute atomic E-state index is 0.0971. The molecule has 4 aliphatic heterocycles. The predicted octanol–water partition coefficient (Wildman–Crippen LogP) is 10.6. The Kier molecular flexibility index (Phi) is 14.1. The van der Waals surface area contributed by atoms with Crippen LogP contribution >= 0.6 is 0 Å². The molecule has 0 radical (unpaired) electrons. The van der Waals surface area contributed by atoms with Crippen LogP contribution in [0.15, 0.2) is 0 Å². The Labute approximate surface area is 287 Å². The molecule has 0 saturated heterocycles. The number of rotatable bonds is 16. The molecule has 0 saturated carbocycles. The molecule has 48 heavy (non-hydrogen) atoms. The van der Waals surface area contributed by atoms with Crippen molar-refractivity contribution in [3.8, 4) is 0 Å². The van der Waals surface area contributed by atoms with E-state index in [0.29, 0.717) is 51.4 Å². The zero-order valence-electron chi connectivity index (χ0n) is 30.3. The molecule has 2 aromatic carbocycles. The minimum Gasteiger partial charge on any atom is -0.204 e. The van der Waals surface area contributed by atoms with Crippen LogP contribution in [0, 0.1) is 46.5 Å². The molecule has 12 heteroatoms. The molecule has 0 atom stereocenters. The van der Waals surface area contributed by atoms with Crippen LogP contribution < -0.4 is 20.7 Å². The van der Waals surface area contributed by atoms with E-state index in [1.807, 2.05) is 0 Å². The Morgan fingerprint density at radius 3 is 0.438 bits per heavy atom. The molecule has 4 bridgehead atoms. The van der Waals surface area contributed by atoms with Crippen molar-refractivity contribution in [1.82, 2.24) is 0 Å². The Morgan fingerprint density at radius 2 is 0.354 bits per heavy atom. The van der Waals surface area contributed by atoms with Crippen LogP contribution in [0.1, 0.15) is 107 Å². The standard InChI is InChI=1S/C36H56F8Si4/c1-9-17-45(18-10-2)33-25(37)27(39)35(28(40)26(33)38)47(21-13-5,22-14-6)48(23-15-7,24-16-8)36-31(43)29(41)34(30(42)32(36)44)46(45,19-11-3)20-12-4/h9-24H2,1-8H3. The fourth-order valence-electron chi connectivity index (χ4n) is 10.7. The lowest BCUT2D eigenvalue weighted by Crippen LogP contribution is -2.81. The van der Waals surface area contributed by atoms with E-state index in [4.69, 9.17) is 0 Å². The second-order valence-electron chi connectivity index (χ2n) is 14.3. The van der Waals surface area contributed by atoms with Gasteiger partial charge in [-0.15, -0.1) is 0 Å². The van der Waals surface area contributed by atoms with Crippen LogP contribution in [-0.4, -0.2) is 30.4 Å². The smallest absolute Gasteiger partial charge is 0.160 e. The molecular weight excluding hydrogens is 697 g/mol. The molecular formula is C36H56F8Si4. The van der Waals surface area contributed by atoms with Crippen LogP contribution in [0.5, 0.6) is 0 Å². The van der Waals surface area contributed by atoms with Gasteiger partial charge in [-0.3, -0.25) is 0 Å². The summed E-state index contributed by atoms with van der Waals surface area (Å²) in [4.78, 5) is 0. The first-order valence-electron chi connectivity index (χ1n) is 18.5. The van der Waals surface area contributed by atoms with E-state index in [2.05, 4.69) is 0 Å². The normalized spacial score (nSPS) is 17.5. The molecule has 6 rings (SSSR count). The Bertz CT molecular complexity index is 1150. The van der Waals surface area contributed by atoms with Crippen molar-refractivity contribution in [2.24, 2.45) is 0 Å². The summed E-state index contributed by atoms with van der Waals surface area (Å²) in [6, 6.07) is 0.777. The van der Waals surface area contributed by atoms with E-state index in [1.54, 1.807) is 55.4 Å². The molecule has 0 amide bonds. The Morgan fingerprint density at radius 1 is 0.250 bits per heavy atom. The zero-order chi connectivity index (χ0) is 36.2. The molecule has 0 aromatic heterocycles. The summed E-state index contributed by atoms with van der Waals surface area (Å²) in [5, 5.41) is -2.68. The van der Waals surface area contributed by atoms with Crippen molar-refractivity contribution < 1.29 is 35.1 Å². The minimum atomic E-state index is -4.04. The van der Waals surface area contributed by atoms with Gasteiger partial charge in [-0.25, -0.2) is 35.1 Å². The van der Waals surface area contributed by atoms with Gasteiger partial charge in [-0.2, -0.15) is 0 Å². The molecule has 4 aliphatic rings. The van der Waals surface area contributed by atoms with E-state index in [1.165, 1.54) is 0 Å². The number of hydrogen-bond acceptors (Lipinski definition) is 0. The summed E-state index contributed by atoms with van der Waals surface area (Å²) in [6.07, 6.45) is 2.65. The maximum absolute atomic E-state index is 17.4. The molecule has 0 fully saturated rings. The van der Waals surface area contributed by atoms with Crippen molar-refractivity contribution >= 4 is 51.1 Å². The van der Waals surface area contributed by atoms with E-state index in [0.717, 1.165) is 0 Å². The maximum Gasteiger partial charge on any atom is 0.160 e. The van der Waals surface area contributed by atoms with Crippen LogP contribution in [0.2, 0.25) is 48.4 Å². The third-order valence-electron chi connectivity index (χ3n) is 11.7. The maximum atomic E-state index is 17.4. The molecule has 272 valence electrons. The second kappa shape index (κ2) is 16.4. The predicted molar refractivity (Wildman–Crippen MR) is 195 cm³/mol. The summed E-state index contributed by atoms with van der Waals surface area (Å²) >= 11 is 0. The number of benzene rings is 2. The Balaban J connectivity index is 3.04. The van der Waals surface area contributed by atoms with Gasteiger partial charge in [0.25, 0.3) is 0 Å². The molecule has 0 aliphatic carbocycles. The van der Waals surface area contributed by atoms with Gasteiger partial charge >= 0.3 is 0 Å². The first kappa shape index (κ1) is 41.2. The van der Waals surface area contributed by atoms with Gasteiger partial charge in [-0.1, -0.05) is 155 Å². The van der Waals surface area contributed by atoms with Crippen LogP contribution in [-0.2, 0) is 0 Å². The molecule has 4 heterocycles. The van der Waals surface area contributed by atoms with Gasteiger partial charge in [-0.05, 0) is 0 Å². The SMILES string of the molecule is CCC[Si]1(CCC)c2c(F)c(F)c(c(F)c2F)[Si](CCC)(CCC)[Si](CCC)(CCC)c2c(F)c(F)c(c(F)c2F)[Si]1(CCC)CCC. The van der Waals surface area contributed by atoms with Crippen LogP contribution in [0.4, 0.5) is 35.1 Å². The second-order valence-corrected chi connectivity index (χ2v) is 40.5.